The number of benzene rings is 3. The van der Waals surface area contributed by atoms with E-state index in [1.165, 1.54) is 0 Å². The number of alkyl carbamates (subject to hydrolysis) is 1. The van der Waals surface area contributed by atoms with Crippen molar-refractivity contribution >= 4 is 51.2 Å². The zero-order valence-electron chi connectivity index (χ0n) is 17.8. The van der Waals surface area contributed by atoms with Crippen molar-refractivity contribution in [1.82, 2.24) is 5.32 Å². The second-order valence-corrected chi connectivity index (χ2v) is 9.06. The van der Waals surface area contributed by atoms with Crippen molar-refractivity contribution in [2.75, 3.05) is 11.9 Å². The average molecular weight is 544 g/mol. The minimum absolute atomic E-state index is 0.0415. The first-order chi connectivity index (χ1) is 16.3. The van der Waals surface area contributed by atoms with E-state index in [4.69, 9.17) is 16.3 Å². The second kappa shape index (κ2) is 10.3. The molecule has 2 amide bonds. The highest BCUT2D eigenvalue weighted by Crippen LogP contribution is 2.44. The Hall–Kier alpha value is -3.36. The zero-order valence-corrected chi connectivity index (χ0v) is 20.1. The third-order valence-electron chi connectivity index (χ3n) is 5.52. The van der Waals surface area contributed by atoms with Crippen LogP contribution in [-0.4, -0.2) is 35.7 Å². The molecule has 7 nitrogen and oxygen atoms in total. The molecule has 0 spiro atoms. The molecule has 34 heavy (non-hydrogen) atoms. The van der Waals surface area contributed by atoms with Gasteiger partial charge in [0.15, 0.2) is 0 Å². The number of aliphatic carboxylic acids is 1. The van der Waals surface area contributed by atoms with Crippen LogP contribution in [-0.2, 0) is 14.3 Å². The molecule has 0 bridgehead atoms. The van der Waals surface area contributed by atoms with Crippen molar-refractivity contribution in [2.45, 2.75) is 18.4 Å². The number of carboxylic acid groups (broad SMARTS) is 1. The Morgan fingerprint density at radius 2 is 1.62 bits per heavy atom. The molecule has 0 fully saturated rings. The van der Waals surface area contributed by atoms with Gasteiger partial charge in [-0.3, -0.25) is 9.59 Å². The van der Waals surface area contributed by atoms with Crippen LogP contribution in [0.1, 0.15) is 23.5 Å². The normalized spacial score (nSPS) is 12.9. The fourth-order valence-corrected chi connectivity index (χ4v) is 4.70. The van der Waals surface area contributed by atoms with Crippen LogP contribution < -0.4 is 10.6 Å². The van der Waals surface area contributed by atoms with Crippen molar-refractivity contribution in [2.24, 2.45) is 0 Å². The van der Waals surface area contributed by atoms with Crippen LogP contribution in [0.15, 0.2) is 71.2 Å². The summed E-state index contributed by atoms with van der Waals surface area (Å²) in [5, 5.41) is 14.4. The molecule has 9 heteroatoms. The predicted octanol–water partition coefficient (Wildman–Crippen LogP) is 5.42. The Morgan fingerprint density at radius 1 is 1.00 bits per heavy atom. The predicted molar refractivity (Wildman–Crippen MR) is 132 cm³/mol. The lowest BCUT2D eigenvalue weighted by Gasteiger charge is -2.19. The first kappa shape index (κ1) is 23.8. The highest BCUT2D eigenvalue weighted by Gasteiger charge is 2.30. The van der Waals surface area contributed by atoms with Gasteiger partial charge in [-0.2, -0.15) is 0 Å². The number of hydrogen-bond donors (Lipinski definition) is 3. The molecule has 1 aliphatic carbocycles. The molecule has 1 atom stereocenters. The summed E-state index contributed by atoms with van der Waals surface area (Å²) in [6.45, 7) is 0.0415. The topological polar surface area (TPSA) is 105 Å². The van der Waals surface area contributed by atoms with Gasteiger partial charge in [0.1, 0.15) is 12.6 Å². The molecule has 0 aromatic heterocycles. The van der Waals surface area contributed by atoms with Crippen LogP contribution in [0.2, 0.25) is 5.02 Å². The number of fused-ring (bicyclic) bond motifs is 3. The smallest absolute Gasteiger partial charge is 0.407 e. The van der Waals surface area contributed by atoms with Gasteiger partial charge in [0.05, 0.1) is 17.1 Å². The molecule has 0 radical (unpaired) electrons. The highest BCUT2D eigenvalue weighted by molar-refractivity contribution is 9.10. The number of anilines is 1. The minimum Gasteiger partial charge on any atom is -0.481 e. The number of halogens is 2. The molecule has 1 aliphatic rings. The van der Waals surface area contributed by atoms with Gasteiger partial charge in [0, 0.05) is 10.4 Å². The number of carbonyl (C=O) groups is 3. The first-order valence-electron chi connectivity index (χ1n) is 10.4. The van der Waals surface area contributed by atoms with Gasteiger partial charge >= 0.3 is 12.1 Å². The fraction of sp³-hybridized carbons (Fsp3) is 0.160. The summed E-state index contributed by atoms with van der Waals surface area (Å²) < 4.78 is 6.15. The molecular weight excluding hydrogens is 524 g/mol. The van der Waals surface area contributed by atoms with Crippen LogP contribution in [0.3, 0.4) is 0 Å². The molecule has 4 rings (SSSR count). The second-order valence-electron chi connectivity index (χ2n) is 7.73. The maximum atomic E-state index is 12.7. The summed E-state index contributed by atoms with van der Waals surface area (Å²) in [7, 11) is 0. The van der Waals surface area contributed by atoms with Crippen LogP contribution in [0.4, 0.5) is 10.5 Å². The Balaban J connectivity index is 1.43. The molecule has 1 unspecified atom stereocenters. The van der Waals surface area contributed by atoms with E-state index in [0.29, 0.717) is 10.2 Å². The largest absolute Gasteiger partial charge is 0.481 e. The van der Waals surface area contributed by atoms with Crippen LogP contribution in [0, 0.1) is 0 Å². The third-order valence-corrected chi connectivity index (χ3v) is 6.33. The number of amides is 2. The third kappa shape index (κ3) is 5.24. The molecule has 0 saturated carbocycles. The first-order valence-corrected chi connectivity index (χ1v) is 11.6. The van der Waals surface area contributed by atoms with Crippen LogP contribution in [0.25, 0.3) is 11.1 Å². The number of carboxylic acids is 1. The minimum atomic E-state index is -1.35. The maximum Gasteiger partial charge on any atom is 0.407 e. The van der Waals surface area contributed by atoms with Crippen LogP contribution >= 0.6 is 27.5 Å². The molecule has 174 valence electrons. The van der Waals surface area contributed by atoms with E-state index in [1.807, 2.05) is 48.5 Å². The number of rotatable bonds is 7. The van der Waals surface area contributed by atoms with Gasteiger partial charge in [-0.25, -0.2) is 4.79 Å². The lowest BCUT2D eigenvalue weighted by Crippen LogP contribution is -2.45. The Bertz CT molecular complexity index is 1220. The highest BCUT2D eigenvalue weighted by atomic mass is 79.9. The summed E-state index contributed by atoms with van der Waals surface area (Å²) >= 11 is 9.40. The fourth-order valence-electron chi connectivity index (χ4n) is 3.98. The van der Waals surface area contributed by atoms with Crippen LogP contribution in [0.5, 0.6) is 0 Å². The van der Waals surface area contributed by atoms with Crippen molar-refractivity contribution in [3.05, 3.63) is 87.4 Å². The van der Waals surface area contributed by atoms with Gasteiger partial charge in [0.25, 0.3) is 0 Å². The van der Waals surface area contributed by atoms with E-state index in [-0.39, 0.29) is 17.5 Å². The standard InChI is InChI=1S/C25H20BrClN2O5/c26-14-9-10-21(20(27)11-14)28-24(32)22(12-23(30)31)29-25(33)34-13-19-17-7-3-1-5-15(17)16-6-2-4-8-18(16)19/h1-11,19,22H,12-13H2,(H,28,32)(H,29,33)(H,30,31). The molecule has 0 aliphatic heterocycles. The lowest BCUT2D eigenvalue weighted by molar-refractivity contribution is -0.139. The number of nitrogens with one attached hydrogen (secondary N) is 2. The summed E-state index contributed by atoms with van der Waals surface area (Å²) in [5.41, 5.74) is 4.55. The van der Waals surface area contributed by atoms with Gasteiger partial charge in [-0.1, -0.05) is 76.1 Å². The summed E-state index contributed by atoms with van der Waals surface area (Å²) in [5.74, 6) is -2.13. The summed E-state index contributed by atoms with van der Waals surface area (Å²) in [4.78, 5) is 36.5. The van der Waals surface area contributed by atoms with E-state index in [9.17, 15) is 19.5 Å². The Kier molecular flexibility index (Phi) is 7.19. The maximum absolute atomic E-state index is 12.7. The van der Waals surface area contributed by atoms with E-state index in [0.717, 1.165) is 22.3 Å². The van der Waals surface area contributed by atoms with E-state index >= 15 is 0 Å². The van der Waals surface area contributed by atoms with E-state index in [2.05, 4.69) is 26.6 Å². The van der Waals surface area contributed by atoms with Crippen molar-refractivity contribution < 1.29 is 24.2 Å². The van der Waals surface area contributed by atoms with E-state index in [1.54, 1.807) is 18.2 Å². The number of carbonyl (C=O) groups excluding carboxylic acids is 2. The van der Waals surface area contributed by atoms with Gasteiger partial charge in [-0.05, 0) is 40.5 Å². The van der Waals surface area contributed by atoms with Gasteiger partial charge in [-0.15, -0.1) is 0 Å². The summed E-state index contributed by atoms with van der Waals surface area (Å²) in [6, 6.07) is 19.3. The SMILES string of the molecule is O=C(O)CC(NC(=O)OCC1c2ccccc2-c2ccccc21)C(=O)Nc1ccc(Br)cc1Cl. The molecule has 3 N–H and O–H groups in total. The van der Waals surface area contributed by atoms with Gasteiger partial charge in [0.2, 0.25) is 5.91 Å². The van der Waals surface area contributed by atoms with Crippen molar-refractivity contribution in [3.8, 4) is 11.1 Å². The molecule has 3 aromatic carbocycles. The molecule has 0 heterocycles. The molecule has 3 aromatic rings. The molecular formula is C25H20BrClN2O5. The monoisotopic (exact) mass is 542 g/mol. The van der Waals surface area contributed by atoms with Crippen molar-refractivity contribution in [3.63, 3.8) is 0 Å². The van der Waals surface area contributed by atoms with E-state index < -0.39 is 30.4 Å². The van der Waals surface area contributed by atoms with Gasteiger partial charge < -0.3 is 20.5 Å². The summed E-state index contributed by atoms with van der Waals surface area (Å²) in [6.07, 6.45) is -1.50. The number of ether oxygens (including phenoxy) is 1. The van der Waals surface area contributed by atoms with Crippen molar-refractivity contribution in [1.29, 1.82) is 0 Å². The lowest BCUT2D eigenvalue weighted by atomic mass is 9.98. The zero-order chi connectivity index (χ0) is 24.2. The quantitative estimate of drug-likeness (QED) is 0.369. The Labute approximate surface area is 209 Å². The molecule has 0 saturated heterocycles. The Morgan fingerprint density at radius 3 is 2.21 bits per heavy atom. The number of hydrogen-bond acceptors (Lipinski definition) is 4. The average Bonchev–Trinajstić information content (AvgIpc) is 3.12.